The van der Waals surface area contributed by atoms with E-state index in [-0.39, 0.29) is 5.92 Å². The van der Waals surface area contributed by atoms with Crippen LogP contribution in [0.15, 0.2) is 48.5 Å². The molecule has 21 heavy (non-hydrogen) atoms. The zero-order chi connectivity index (χ0) is 15.2. The average Bonchev–Trinajstić information content (AvgIpc) is 2.48. The molecule has 112 valence electrons. The van der Waals surface area contributed by atoms with Crippen LogP contribution in [0.5, 0.6) is 0 Å². The fourth-order valence-corrected chi connectivity index (χ4v) is 2.07. The minimum absolute atomic E-state index is 0.0244. The van der Waals surface area contributed by atoms with E-state index in [0.29, 0.717) is 16.6 Å². The van der Waals surface area contributed by atoms with Crippen molar-refractivity contribution < 1.29 is 5.11 Å². The summed E-state index contributed by atoms with van der Waals surface area (Å²) in [5.74, 6) is 0.0244. The summed E-state index contributed by atoms with van der Waals surface area (Å²) in [6, 6.07) is 14.7. The van der Waals surface area contributed by atoms with Crippen LogP contribution < -0.4 is 10.6 Å². The van der Waals surface area contributed by atoms with Crippen molar-refractivity contribution in [3.63, 3.8) is 0 Å². The van der Waals surface area contributed by atoms with Gasteiger partial charge in [-0.15, -0.1) is 0 Å². The Kier molecular flexibility index (Phi) is 5.74. The van der Waals surface area contributed by atoms with Crippen LogP contribution >= 0.6 is 23.2 Å². The predicted molar refractivity (Wildman–Crippen MR) is 90.2 cm³/mol. The molecular weight excluding hydrogens is 307 g/mol. The van der Waals surface area contributed by atoms with E-state index in [1.807, 2.05) is 43.3 Å². The van der Waals surface area contributed by atoms with Crippen LogP contribution in [0.2, 0.25) is 10.0 Å². The molecular formula is C16H18Cl2N2O. The van der Waals surface area contributed by atoms with Gasteiger partial charge in [0, 0.05) is 33.9 Å². The van der Waals surface area contributed by atoms with Crippen molar-refractivity contribution in [1.29, 1.82) is 0 Å². The van der Waals surface area contributed by atoms with E-state index in [1.165, 1.54) is 0 Å². The zero-order valence-electron chi connectivity index (χ0n) is 11.7. The maximum Gasteiger partial charge on any atom is 0.128 e. The van der Waals surface area contributed by atoms with Gasteiger partial charge in [0.1, 0.15) is 6.23 Å². The third kappa shape index (κ3) is 5.12. The number of halogens is 2. The second-order valence-electron chi connectivity index (χ2n) is 4.96. The summed E-state index contributed by atoms with van der Waals surface area (Å²) >= 11 is 11.7. The summed E-state index contributed by atoms with van der Waals surface area (Å²) in [5.41, 5.74) is 1.81. The van der Waals surface area contributed by atoms with Gasteiger partial charge in [0.2, 0.25) is 0 Å². The Hall–Kier alpha value is -1.42. The summed E-state index contributed by atoms with van der Waals surface area (Å²) < 4.78 is 0. The highest BCUT2D eigenvalue weighted by molar-refractivity contribution is 6.30. The zero-order valence-corrected chi connectivity index (χ0v) is 13.2. The topological polar surface area (TPSA) is 44.3 Å². The van der Waals surface area contributed by atoms with Gasteiger partial charge in [-0.1, -0.05) is 30.1 Å². The van der Waals surface area contributed by atoms with E-state index in [1.54, 1.807) is 12.1 Å². The number of rotatable bonds is 6. The van der Waals surface area contributed by atoms with Crippen molar-refractivity contribution in [2.24, 2.45) is 5.92 Å². The first kappa shape index (κ1) is 16.0. The van der Waals surface area contributed by atoms with Gasteiger partial charge in [-0.05, 0) is 48.5 Å². The normalized spacial score (nSPS) is 13.5. The Morgan fingerprint density at radius 3 is 1.90 bits per heavy atom. The fraction of sp³-hybridized carbons (Fsp3) is 0.250. The molecule has 2 unspecified atom stereocenters. The quantitative estimate of drug-likeness (QED) is 0.687. The second kappa shape index (κ2) is 7.55. The molecule has 2 aromatic carbocycles. The number of nitrogens with one attached hydrogen (secondary N) is 2. The Morgan fingerprint density at radius 1 is 0.905 bits per heavy atom. The standard InChI is InChI=1S/C16H18Cl2N2O/c1-11(10-19-14-6-2-12(17)3-7-14)16(21)20-15-8-4-13(18)5-9-15/h2-9,11,16,19-21H,10H2,1H3. The van der Waals surface area contributed by atoms with Crippen molar-refractivity contribution in [3.8, 4) is 0 Å². The van der Waals surface area contributed by atoms with Gasteiger partial charge in [-0.2, -0.15) is 0 Å². The molecule has 0 aromatic heterocycles. The molecule has 0 bridgehead atoms. The van der Waals surface area contributed by atoms with Gasteiger partial charge < -0.3 is 15.7 Å². The second-order valence-corrected chi connectivity index (χ2v) is 5.83. The summed E-state index contributed by atoms with van der Waals surface area (Å²) in [4.78, 5) is 0. The van der Waals surface area contributed by atoms with Gasteiger partial charge in [0.05, 0.1) is 0 Å². The Bertz CT molecular complexity index is 557. The lowest BCUT2D eigenvalue weighted by Gasteiger charge is -2.22. The van der Waals surface area contributed by atoms with Gasteiger partial charge >= 0.3 is 0 Å². The van der Waals surface area contributed by atoms with Crippen LogP contribution in [-0.4, -0.2) is 17.9 Å². The number of benzene rings is 2. The lowest BCUT2D eigenvalue weighted by Crippen LogP contribution is -2.31. The molecule has 2 aromatic rings. The Balaban J connectivity index is 1.83. The summed E-state index contributed by atoms with van der Waals surface area (Å²) in [5, 5.41) is 17.9. The predicted octanol–water partition coefficient (Wildman–Crippen LogP) is 4.47. The molecule has 0 aliphatic rings. The van der Waals surface area contributed by atoms with Crippen molar-refractivity contribution in [2.45, 2.75) is 13.2 Å². The summed E-state index contributed by atoms with van der Waals surface area (Å²) in [6.45, 7) is 2.61. The third-order valence-corrected chi connectivity index (χ3v) is 3.67. The van der Waals surface area contributed by atoms with E-state index >= 15 is 0 Å². The largest absolute Gasteiger partial charge is 0.385 e. The first-order chi connectivity index (χ1) is 10.0. The van der Waals surface area contributed by atoms with Crippen LogP contribution in [0.3, 0.4) is 0 Å². The monoisotopic (exact) mass is 324 g/mol. The van der Waals surface area contributed by atoms with Crippen LogP contribution in [0, 0.1) is 5.92 Å². The van der Waals surface area contributed by atoms with Crippen molar-refractivity contribution in [1.82, 2.24) is 0 Å². The van der Waals surface area contributed by atoms with E-state index in [0.717, 1.165) is 11.4 Å². The van der Waals surface area contributed by atoms with Crippen molar-refractivity contribution >= 4 is 34.6 Å². The van der Waals surface area contributed by atoms with Gasteiger partial charge in [-0.25, -0.2) is 0 Å². The smallest absolute Gasteiger partial charge is 0.128 e. The molecule has 3 nitrogen and oxygen atoms in total. The number of hydrogen-bond donors (Lipinski definition) is 3. The molecule has 0 radical (unpaired) electrons. The molecule has 0 spiro atoms. The minimum Gasteiger partial charge on any atom is -0.385 e. The molecule has 0 heterocycles. The van der Waals surface area contributed by atoms with Crippen LogP contribution in [0.4, 0.5) is 11.4 Å². The van der Waals surface area contributed by atoms with Gasteiger partial charge in [0.25, 0.3) is 0 Å². The molecule has 0 fully saturated rings. The molecule has 0 aliphatic carbocycles. The fourth-order valence-electron chi connectivity index (χ4n) is 1.82. The van der Waals surface area contributed by atoms with E-state index in [4.69, 9.17) is 23.2 Å². The van der Waals surface area contributed by atoms with E-state index in [9.17, 15) is 5.11 Å². The lowest BCUT2D eigenvalue weighted by molar-refractivity contribution is 0.150. The number of anilines is 2. The SMILES string of the molecule is CC(CNc1ccc(Cl)cc1)C(O)Nc1ccc(Cl)cc1. The molecule has 0 saturated carbocycles. The van der Waals surface area contributed by atoms with Gasteiger partial charge in [0.15, 0.2) is 0 Å². The molecule has 0 saturated heterocycles. The Morgan fingerprint density at radius 2 is 1.38 bits per heavy atom. The molecule has 2 rings (SSSR count). The average molecular weight is 325 g/mol. The van der Waals surface area contributed by atoms with Crippen LogP contribution in [0.25, 0.3) is 0 Å². The molecule has 0 amide bonds. The van der Waals surface area contributed by atoms with Gasteiger partial charge in [-0.3, -0.25) is 0 Å². The number of aliphatic hydroxyl groups excluding tert-OH is 1. The highest BCUT2D eigenvalue weighted by Crippen LogP contribution is 2.17. The van der Waals surface area contributed by atoms with E-state index < -0.39 is 6.23 Å². The highest BCUT2D eigenvalue weighted by Gasteiger charge is 2.13. The number of hydrogen-bond acceptors (Lipinski definition) is 3. The maximum absolute atomic E-state index is 10.2. The highest BCUT2D eigenvalue weighted by atomic mass is 35.5. The minimum atomic E-state index is -0.647. The summed E-state index contributed by atoms with van der Waals surface area (Å²) in [7, 11) is 0. The summed E-state index contributed by atoms with van der Waals surface area (Å²) in [6.07, 6.45) is -0.647. The first-order valence-electron chi connectivity index (χ1n) is 6.74. The maximum atomic E-state index is 10.2. The molecule has 0 aliphatic heterocycles. The van der Waals surface area contributed by atoms with Crippen molar-refractivity contribution in [2.75, 3.05) is 17.2 Å². The molecule has 3 N–H and O–H groups in total. The first-order valence-corrected chi connectivity index (χ1v) is 7.50. The van der Waals surface area contributed by atoms with E-state index in [2.05, 4.69) is 10.6 Å². The molecule has 5 heteroatoms. The Labute approximate surface area is 134 Å². The lowest BCUT2D eigenvalue weighted by atomic mass is 10.1. The van der Waals surface area contributed by atoms with Crippen LogP contribution in [-0.2, 0) is 0 Å². The van der Waals surface area contributed by atoms with Crippen molar-refractivity contribution in [3.05, 3.63) is 58.6 Å². The van der Waals surface area contributed by atoms with Crippen LogP contribution in [0.1, 0.15) is 6.92 Å². The number of aliphatic hydroxyl groups is 1. The molecule has 2 atom stereocenters. The third-order valence-electron chi connectivity index (χ3n) is 3.17.